The quantitative estimate of drug-likeness (QED) is 0.599. The first-order valence-electron chi connectivity index (χ1n) is 5.86. The first-order valence-corrected chi connectivity index (χ1v) is 5.86. The molecular weight excluding hydrogens is 234 g/mol. The van der Waals surface area contributed by atoms with Gasteiger partial charge in [-0.15, -0.1) is 0 Å². The molecule has 18 heavy (non-hydrogen) atoms. The highest BCUT2D eigenvalue weighted by molar-refractivity contribution is 5.91. The number of carbonyl (C=O) groups is 2. The fraction of sp³-hybridized carbons (Fsp3) is 0.500. The van der Waals surface area contributed by atoms with Crippen molar-refractivity contribution in [1.29, 1.82) is 0 Å². The van der Waals surface area contributed by atoms with E-state index in [1.54, 1.807) is 13.8 Å². The molecule has 0 radical (unpaired) electrons. The van der Waals surface area contributed by atoms with Crippen LogP contribution in [0.4, 0.5) is 0 Å². The number of aryl methyl sites for hydroxylation is 1. The van der Waals surface area contributed by atoms with Gasteiger partial charge in [-0.3, -0.25) is 14.6 Å². The van der Waals surface area contributed by atoms with Crippen molar-refractivity contribution in [2.45, 2.75) is 26.7 Å². The largest absolute Gasteiger partial charge is 0.466 e. The highest BCUT2D eigenvalue weighted by atomic mass is 16.5. The monoisotopic (exact) mass is 251 g/mol. The molecular formula is C12H17N3O3. The second-order valence-electron chi connectivity index (χ2n) is 3.71. The van der Waals surface area contributed by atoms with Crippen molar-refractivity contribution in [3.05, 3.63) is 23.8 Å². The van der Waals surface area contributed by atoms with Crippen LogP contribution < -0.4 is 5.32 Å². The minimum atomic E-state index is -0.286. The van der Waals surface area contributed by atoms with Gasteiger partial charge in [0.1, 0.15) is 5.69 Å². The van der Waals surface area contributed by atoms with Gasteiger partial charge in [-0.2, -0.15) is 0 Å². The Bertz CT molecular complexity index is 404. The Morgan fingerprint density at radius 2 is 2.11 bits per heavy atom. The number of ether oxygens (including phenoxy) is 1. The Hall–Kier alpha value is -1.98. The van der Waals surface area contributed by atoms with Crippen LogP contribution in [-0.4, -0.2) is 35.0 Å². The van der Waals surface area contributed by atoms with Gasteiger partial charge in [-0.25, -0.2) is 4.98 Å². The topological polar surface area (TPSA) is 81.2 Å². The summed E-state index contributed by atoms with van der Waals surface area (Å²) in [4.78, 5) is 30.6. The first kappa shape index (κ1) is 14.1. The summed E-state index contributed by atoms with van der Waals surface area (Å²) in [6, 6.07) is 0. The summed E-state index contributed by atoms with van der Waals surface area (Å²) in [5.41, 5.74) is 1.03. The molecule has 0 unspecified atom stereocenters. The molecule has 1 rings (SSSR count). The number of esters is 1. The summed E-state index contributed by atoms with van der Waals surface area (Å²) in [6.07, 6.45) is 3.81. The number of rotatable bonds is 6. The van der Waals surface area contributed by atoms with Gasteiger partial charge in [-0.1, -0.05) is 0 Å². The molecule has 0 saturated carbocycles. The average molecular weight is 251 g/mol. The Morgan fingerprint density at radius 3 is 2.72 bits per heavy atom. The van der Waals surface area contributed by atoms with Gasteiger partial charge in [0.25, 0.3) is 5.91 Å². The summed E-state index contributed by atoms with van der Waals surface area (Å²) < 4.78 is 4.77. The van der Waals surface area contributed by atoms with Crippen molar-refractivity contribution in [3.8, 4) is 0 Å². The highest BCUT2D eigenvalue weighted by Crippen LogP contribution is 1.95. The van der Waals surface area contributed by atoms with Gasteiger partial charge in [0.2, 0.25) is 0 Å². The van der Waals surface area contributed by atoms with Crippen molar-refractivity contribution in [1.82, 2.24) is 15.3 Å². The van der Waals surface area contributed by atoms with E-state index in [0.717, 1.165) is 5.69 Å². The maximum atomic E-state index is 11.6. The summed E-state index contributed by atoms with van der Waals surface area (Å²) >= 11 is 0. The summed E-state index contributed by atoms with van der Waals surface area (Å²) in [7, 11) is 0. The number of carbonyl (C=O) groups excluding carboxylic acids is 2. The predicted octanol–water partition coefficient (Wildman–Crippen LogP) is 0.858. The zero-order chi connectivity index (χ0) is 13.4. The van der Waals surface area contributed by atoms with Crippen molar-refractivity contribution in [2.24, 2.45) is 0 Å². The minimum absolute atomic E-state index is 0.248. The molecule has 6 nitrogen and oxygen atoms in total. The molecule has 0 aromatic carbocycles. The molecule has 1 aromatic rings. The molecule has 0 fully saturated rings. The highest BCUT2D eigenvalue weighted by Gasteiger charge is 2.07. The molecule has 0 bridgehead atoms. The molecule has 0 saturated heterocycles. The Morgan fingerprint density at radius 1 is 1.33 bits per heavy atom. The van der Waals surface area contributed by atoms with Gasteiger partial charge < -0.3 is 10.1 Å². The average Bonchev–Trinajstić information content (AvgIpc) is 2.35. The van der Waals surface area contributed by atoms with Gasteiger partial charge in [0.05, 0.1) is 18.5 Å². The van der Waals surface area contributed by atoms with Crippen LogP contribution in [0.25, 0.3) is 0 Å². The zero-order valence-corrected chi connectivity index (χ0v) is 10.6. The molecule has 1 heterocycles. The van der Waals surface area contributed by atoms with E-state index in [2.05, 4.69) is 15.3 Å². The van der Waals surface area contributed by atoms with Crippen molar-refractivity contribution in [2.75, 3.05) is 13.2 Å². The van der Waals surface area contributed by atoms with Crippen LogP contribution in [0.5, 0.6) is 0 Å². The van der Waals surface area contributed by atoms with Crippen LogP contribution in [0.1, 0.15) is 35.9 Å². The van der Waals surface area contributed by atoms with Gasteiger partial charge in [0.15, 0.2) is 0 Å². The molecule has 0 atom stereocenters. The van der Waals surface area contributed by atoms with E-state index in [1.807, 2.05) is 0 Å². The molecule has 6 heteroatoms. The van der Waals surface area contributed by atoms with E-state index >= 15 is 0 Å². The second-order valence-corrected chi connectivity index (χ2v) is 3.71. The van der Waals surface area contributed by atoms with E-state index in [1.165, 1.54) is 12.4 Å². The lowest BCUT2D eigenvalue weighted by Crippen LogP contribution is -2.26. The maximum Gasteiger partial charge on any atom is 0.305 e. The van der Waals surface area contributed by atoms with E-state index < -0.39 is 0 Å². The molecule has 1 amide bonds. The van der Waals surface area contributed by atoms with Gasteiger partial charge in [0, 0.05) is 19.2 Å². The summed E-state index contributed by atoms with van der Waals surface area (Å²) in [5.74, 6) is -0.534. The molecule has 98 valence electrons. The Labute approximate surface area is 106 Å². The molecule has 0 spiro atoms. The predicted molar refractivity (Wildman–Crippen MR) is 65.0 cm³/mol. The number of hydrogen-bond donors (Lipinski definition) is 1. The van der Waals surface area contributed by atoms with Crippen molar-refractivity contribution in [3.63, 3.8) is 0 Å². The number of nitrogens with one attached hydrogen (secondary N) is 1. The van der Waals surface area contributed by atoms with E-state index in [0.29, 0.717) is 26.0 Å². The third-order valence-corrected chi connectivity index (χ3v) is 2.16. The van der Waals surface area contributed by atoms with Crippen molar-refractivity contribution < 1.29 is 14.3 Å². The smallest absolute Gasteiger partial charge is 0.305 e. The summed E-state index contributed by atoms with van der Waals surface area (Å²) in [6.45, 7) is 4.35. The number of amides is 1. The number of aromatic nitrogens is 2. The summed E-state index contributed by atoms with van der Waals surface area (Å²) in [5, 5.41) is 2.67. The minimum Gasteiger partial charge on any atom is -0.466 e. The fourth-order valence-corrected chi connectivity index (χ4v) is 1.27. The lowest BCUT2D eigenvalue weighted by atomic mass is 10.3. The van der Waals surface area contributed by atoms with Crippen molar-refractivity contribution >= 4 is 11.9 Å². The SMILES string of the molecule is CCOC(=O)CCCNC(=O)c1cnc(C)cn1. The molecule has 0 aliphatic rings. The third-order valence-electron chi connectivity index (χ3n) is 2.16. The first-order chi connectivity index (χ1) is 8.63. The van der Waals surface area contributed by atoms with Crippen LogP contribution in [0.2, 0.25) is 0 Å². The second kappa shape index (κ2) is 7.37. The van der Waals surface area contributed by atoms with E-state index in [-0.39, 0.29) is 17.6 Å². The molecule has 1 aromatic heterocycles. The van der Waals surface area contributed by atoms with E-state index in [9.17, 15) is 9.59 Å². The van der Waals surface area contributed by atoms with Crippen LogP contribution in [0.15, 0.2) is 12.4 Å². The van der Waals surface area contributed by atoms with Crippen LogP contribution in [-0.2, 0) is 9.53 Å². The number of hydrogen-bond acceptors (Lipinski definition) is 5. The fourth-order valence-electron chi connectivity index (χ4n) is 1.27. The lowest BCUT2D eigenvalue weighted by molar-refractivity contribution is -0.143. The van der Waals surface area contributed by atoms with E-state index in [4.69, 9.17) is 4.74 Å². The van der Waals surface area contributed by atoms with Gasteiger partial charge in [-0.05, 0) is 20.3 Å². The standard InChI is InChI=1S/C12H17N3O3/c1-3-18-11(16)5-4-6-13-12(17)10-8-14-9(2)7-15-10/h7-8H,3-6H2,1-2H3,(H,13,17). The third kappa shape index (κ3) is 4.90. The van der Waals surface area contributed by atoms with Crippen LogP contribution in [0.3, 0.4) is 0 Å². The molecule has 0 aliphatic heterocycles. The Kier molecular flexibility index (Phi) is 5.76. The molecule has 1 N–H and O–H groups in total. The molecule has 0 aliphatic carbocycles. The number of nitrogens with zero attached hydrogens (tertiary/aromatic N) is 2. The maximum absolute atomic E-state index is 11.6. The Balaban J connectivity index is 2.25. The lowest BCUT2D eigenvalue weighted by Gasteiger charge is -2.04. The van der Waals surface area contributed by atoms with Gasteiger partial charge >= 0.3 is 5.97 Å². The van der Waals surface area contributed by atoms with Crippen LogP contribution in [0, 0.1) is 6.92 Å². The van der Waals surface area contributed by atoms with Crippen LogP contribution >= 0.6 is 0 Å². The zero-order valence-electron chi connectivity index (χ0n) is 10.6. The normalized spacial score (nSPS) is 9.89.